The first-order chi connectivity index (χ1) is 16.8. The summed E-state index contributed by atoms with van der Waals surface area (Å²) in [5, 5.41) is 2.88. The standard InChI is InChI=1S/C28H34N4O3/c1-17(2)15-22(21(25(29)33)16-18-13-14-18)27(34)31-26-28(35)32(3)23-12-8-7-11-20(23)24(30-26)19-9-5-4-6-10-19/h4-12,17-18,21-22,26H,13-16H2,1-3H3,(H2,29,33)(H,31,34)/t21-,22+,26?/m0/s1. The van der Waals surface area contributed by atoms with Crippen molar-refractivity contribution in [1.82, 2.24) is 5.32 Å². The molecule has 7 nitrogen and oxygen atoms in total. The molecule has 2 aromatic carbocycles. The molecule has 2 aromatic rings. The van der Waals surface area contributed by atoms with E-state index >= 15 is 0 Å². The van der Waals surface area contributed by atoms with E-state index in [0.29, 0.717) is 24.5 Å². The Kier molecular flexibility index (Phi) is 7.34. The summed E-state index contributed by atoms with van der Waals surface area (Å²) in [6, 6.07) is 17.2. The normalized spacial score (nSPS) is 19.4. The van der Waals surface area contributed by atoms with Gasteiger partial charge >= 0.3 is 0 Å². The highest BCUT2D eigenvalue weighted by molar-refractivity contribution is 6.20. The largest absolute Gasteiger partial charge is 0.369 e. The number of nitrogens with one attached hydrogen (secondary N) is 1. The Morgan fingerprint density at radius 1 is 1.06 bits per heavy atom. The second kappa shape index (κ2) is 10.4. The van der Waals surface area contributed by atoms with Gasteiger partial charge in [0.05, 0.1) is 11.4 Å². The average Bonchev–Trinajstić information content (AvgIpc) is 3.67. The molecule has 0 aromatic heterocycles. The second-order valence-electron chi connectivity index (χ2n) is 10.1. The lowest BCUT2D eigenvalue weighted by Crippen LogP contribution is -2.50. The van der Waals surface area contributed by atoms with Gasteiger partial charge in [-0.2, -0.15) is 0 Å². The number of nitrogens with two attached hydrogens (primary N) is 1. The number of fused-ring (bicyclic) bond motifs is 1. The van der Waals surface area contributed by atoms with Crippen LogP contribution in [0.4, 0.5) is 5.69 Å². The fourth-order valence-corrected chi connectivity index (χ4v) is 4.84. The number of amides is 3. The van der Waals surface area contributed by atoms with Crippen LogP contribution in [0.2, 0.25) is 0 Å². The molecule has 3 amide bonds. The molecule has 1 fully saturated rings. The van der Waals surface area contributed by atoms with Crippen LogP contribution in [0.25, 0.3) is 0 Å². The van der Waals surface area contributed by atoms with Crippen LogP contribution in [0.3, 0.4) is 0 Å². The number of likely N-dealkylation sites (N-methyl/N-ethyl adjacent to an activating group) is 1. The van der Waals surface area contributed by atoms with Gasteiger partial charge < -0.3 is 16.0 Å². The van der Waals surface area contributed by atoms with Crippen molar-refractivity contribution < 1.29 is 14.4 Å². The van der Waals surface area contributed by atoms with Crippen molar-refractivity contribution >= 4 is 29.1 Å². The monoisotopic (exact) mass is 474 g/mol. The number of para-hydroxylation sites is 1. The summed E-state index contributed by atoms with van der Waals surface area (Å²) in [6.45, 7) is 4.03. The van der Waals surface area contributed by atoms with Crippen molar-refractivity contribution in [3.8, 4) is 0 Å². The molecule has 0 radical (unpaired) electrons. The smallest absolute Gasteiger partial charge is 0.272 e. The molecule has 35 heavy (non-hydrogen) atoms. The van der Waals surface area contributed by atoms with Crippen molar-refractivity contribution in [1.29, 1.82) is 0 Å². The van der Waals surface area contributed by atoms with Gasteiger partial charge in [0.15, 0.2) is 0 Å². The van der Waals surface area contributed by atoms with Gasteiger partial charge in [-0.15, -0.1) is 0 Å². The van der Waals surface area contributed by atoms with E-state index in [9.17, 15) is 14.4 Å². The van der Waals surface area contributed by atoms with Crippen LogP contribution < -0.4 is 16.0 Å². The summed E-state index contributed by atoms with van der Waals surface area (Å²) >= 11 is 0. The predicted octanol–water partition coefficient (Wildman–Crippen LogP) is 3.51. The van der Waals surface area contributed by atoms with Gasteiger partial charge in [0.1, 0.15) is 0 Å². The number of nitrogens with zero attached hydrogens (tertiary/aromatic N) is 2. The molecule has 0 saturated heterocycles. The number of hydrogen-bond acceptors (Lipinski definition) is 4. The number of carbonyl (C=O) groups is 3. The van der Waals surface area contributed by atoms with Gasteiger partial charge in [0, 0.05) is 30.0 Å². The molecular formula is C28H34N4O3. The third-order valence-electron chi connectivity index (χ3n) is 6.87. The highest BCUT2D eigenvalue weighted by atomic mass is 16.2. The van der Waals surface area contributed by atoms with Crippen molar-refractivity contribution in [2.75, 3.05) is 11.9 Å². The maximum Gasteiger partial charge on any atom is 0.272 e. The van der Waals surface area contributed by atoms with E-state index in [1.165, 1.54) is 4.90 Å². The van der Waals surface area contributed by atoms with Crippen LogP contribution in [-0.2, 0) is 14.4 Å². The van der Waals surface area contributed by atoms with Crippen LogP contribution in [0.5, 0.6) is 0 Å². The summed E-state index contributed by atoms with van der Waals surface area (Å²) in [4.78, 5) is 45.8. The zero-order chi connectivity index (χ0) is 25.1. The topological polar surface area (TPSA) is 105 Å². The molecule has 0 bridgehead atoms. The van der Waals surface area contributed by atoms with E-state index in [1.807, 2.05) is 68.4 Å². The Balaban J connectivity index is 1.69. The number of carbonyl (C=O) groups excluding carboxylic acids is 3. The first kappa shape index (κ1) is 24.6. The second-order valence-corrected chi connectivity index (χ2v) is 10.1. The molecule has 0 spiro atoms. The van der Waals surface area contributed by atoms with Crippen LogP contribution >= 0.6 is 0 Å². The highest BCUT2D eigenvalue weighted by Gasteiger charge is 2.39. The summed E-state index contributed by atoms with van der Waals surface area (Å²) < 4.78 is 0. The lowest BCUT2D eigenvalue weighted by Gasteiger charge is -2.27. The fourth-order valence-electron chi connectivity index (χ4n) is 4.84. The summed E-state index contributed by atoms with van der Waals surface area (Å²) in [7, 11) is 1.69. The van der Waals surface area contributed by atoms with Gasteiger partial charge in [-0.25, -0.2) is 4.99 Å². The molecule has 1 heterocycles. The van der Waals surface area contributed by atoms with E-state index < -0.39 is 23.9 Å². The van der Waals surface area contributed by atoms with E-state index in [2.05, 4.69) is 5.32 Å². The third kappa shape index (κ3) is 5.61. The number of primary amides is 1. The Morgan fingerprint density at radius 2 is 1.71 bits per heavy atom. The number of benzodiazepines with no additional fused rings is 1. The lowest BCUT2D eigenvalue weighted by atomic mass is 9.81. The quantitative estimate of drug-likeness (QED) is 0.581. The number of rotatable bonds is 9. The van der Waals surface area contributed by atoms with Gasteiger partial charge in [-0.05, 0) is 30.7 Å². The summed E-state index contributed by atoms with van der Waals surface area (Å²) in [5.41, 5.74) is 8.79. The first-order valence-electron chi connectivity index (χ1n) is 12.4. The zero-order valence-electron chi connectivity index (χ0n) is 20.6. The van der Waals surface area contributed by atoms with Crippen LogP contribution in [0.15, 0.2) is 59.6 Å². The van der Waals surface area contributed by atoms with Crippen molar-refractivity contribution in [2.45, 2.75) is 45.7 Å². The Labute approximate surface area is 206 Å². The molecule has 2 aliphatic rings. The Morgan fingerprint density at radius 3 is 2.34 bits per heavy atom. The minimum atomic E-state index is -1.11. The van der Waals surface area contributed by atoms with Gasteiger partial charge in [-0.1, -0.05) is 75.2 Å². The van der Waals surface area contributed by atoms with Crippen molar-refractivity contribution in [2.24, 2.45) is 34.4 Å². The van der Waals surface area contributed by atoms with Gasteiger partial charge in [0.2, 0.25) is 18.0 Å². The molecule has 7 heteroatoms. The maximum absolute atomic E-state index is 13.6. The van der Waals surface area contributed by atoms with Crippen LogP contribution in [0.1, 0.15) is 50.7 Å². The number of hydrogen-bond donors (Lipinski definition) is 2. The number of benzene rings is 2. The minimum absolute atomic E-state index is 0.187. The van der Waals surface area contributed by atoms with Crippen molar-refractivity contribution in [3.05, 3.63) is 65.7 Å². The molecular weight excluding hydrogens is 440 g/mol. The van der Waals surface area contributed by atoms with Gasteiger partial charge in [0.25, 0.3) is 5.91 Å². The van der Waals surface area contributed by atoms with E-state index in [4.69, 9.17) is 10.7 Å². The fraction of sp³-hybridized carbons (Fsp3) is 0.429. The number of aliphatic imine (C=N–C) groups is 1. The van der Waals surface area contributed by atoms with E-state index in [0.717, 1.165) is 29.7 Å². The third-order valence-corrected chi connectivity index (χ3v) is 6.87. The molecule has 1 unspecified atom stereocenters. The van der Waals surface area contributed by atoms with Gasteiger partial charge in [-0.3, -0.25) is 14.4 Å². The SMILES string of the molecule is CC(C)C[C@@H](C(=O)NC1N=C(c2ccccc2)c2ccccc2N(C)C1=O)[C@H](CC1CC1)C(N)=O. The van der Waals surface area contributed by atoms with Crippen LogP contribution in [0, 0.1) is 23.7 Å². The van der Waals surface area contributed by atoms with Crippen molar-refractivity contribution in [3.63, 3.8) is 0 Å². The molecule has 1 saturated carbocycles. The number of anilines is 1. The minimum Gasteiger partial charge on any atom is -0.369 e. The van der Waals surface area contributed by atoms with Crippen LogP contribution in [-0.4, -0.2) is 36.6 Å². The molecule has 4 rings (SSSR count). The Hall–Kier alpha value is -3.48. The van der Waals surface area contributed by atoms with E-state index in [-0.39, 0.29) is 17.7 Å². The Bertz CT molecular complexity index is 1120. The molecule has 3 N–H and O–H groups in total. The molecule has 184 valence electrons. The zero-order valence-corrected chi connectivity index (χ0v) is 20.6. The highest BCUT2D eigenvalue weighted by Crippen LogP contribution is 2.39. The molecule has 3 atom stereocenters. The lowest BCUT2D eigenvalue weighted by molar-refractivity contribution is -0.136. The summed E-state index contributed by atoms with van der Waals surface area (Å²) in [6.07, 6.45) is 2.14. The molecule has 1 aliphatic heterocycles. The average molecular weight is 475 g/mol. The summed E-state index contributed by atoms with van der Waals surface area (Å²) in [5.74, 6) is -1.67. The molecule has 1 aliphatic carbocycles. The predicted molar refractivity (Wildman–Crippen MR) is 137 cm³/mol. The maximum atomic E-state index is 13.6. The first-order valence-corrected chi connectivity index (χ1v) is 12.4. The van der Waals surface area contributed by atoms with E-state index in [1.54, 1.807) is 7.05 Å².